The number of amides is 1. The molecule has 4 rings (SSSR count). The second kappa shape index (κ2) is 10.2. The van der Waals surface area contributed by atoms with E-state index in [0.29, 0.717) is 17.1 Å². The first-order valence-electron chi connectivity index (χ1n) is 10.6. The molecule has 0 saturated carbocycles. The van der Waals surface area contributed by atoms with Gasteiger partial charge in [0.05, 0.1) is 30.8 Å². The number of nitrogens with zero attached hydrogens (tertiary/aromatic N) is 4. The first-order valence-corrected chi connectivity index (χ1v) is 10.6. The largest absolute Gasteiger partial charge is 0.492 e. The second-order valence-corrected chi connectivity index (χ2v) is 7.58. The number of benzene rings is 1. The maximum atomic E-state index is 13.1. The molecule has 0 aliphatic carbocycles. The predicted octanol–water partition coefficient (Wildman–Crippen LogP) is 1.65. The third-order valence-electron chi connectivity index (χ3n) is 5.33. The van der Waals surface area contributed by atoms with Crippen molar-refractivity contribution in [1.29, 1.82) is 0 Å². The van der Waals surface area contributed by atoms with Crippen LogP contribution in [0.25, 0.3) is 10.9 Å². The number of hydrogen-bond donors (Lipinski definition) is 1. The Morgan fingerprint density at radius 2 is 1.86 bits per heavy atom. The van der Waals surface area contributed by atoms with E-state index < -0.39 is 23.0 Å². The number of hydrogen-bond acceptors (Lipinski definition) is 7. The highest BCUT2D eigenvalue weighted by Crippen LogP contribution is 2.12. The number of aromatic nitrogens is 4. The standard InChI is InChI=1S/C24H22FN5O5/c1-29-20-14-26-19(22(31)28-13-15-3-8-21(34-2)27-12-15)11-18(20)23(32)30(24(29)33)9-10-35-17-6-4-16(25)5-7-17/h3-8,11-12,14H,9-10,13H2,1-2H3,(H,28,31). The topological polar surface area (TPSA) is 117 Å². The first-order chi connectivity index (χ1) is 16.9. The Balaban J connectivity index is 1.53. The molecule has 35 heavy (non-hydrogen) atoms. The molecule has 0 fully saturated rings. The fourth-order valence-corrected chi connectivity index (χ4v) is 3.42. The Labute approximate surface area is 198 Å². The van der Waals surface area contributed by atoms with Gasteiger partial charge in [0.2, 0.25) is 5.88 Å². The zero-order chi connectivity index (χ0) is 24.9. The summed E-state index contributed by atoms with van der Waals surface area (Å²) in [4.78, 5) is 46.6. The summed E-state index contributed by atoms with van der Waals surface area (Å²) >= 11 is 0. The monoisotopic (exact) mass is 479 g/mol. The van der Waals surface area contributed by atoms with Gasteiger partial charge in [-0.25, -0.2) is 19.2 Å². The number of carbonyl (C=O) groups is 1. The molecule has 0 bridgehead atoms. The Morgan fingerprint density at radius 1 is 1.09 bits per heavy atom. The maximum absolute atomic E-state index is 13.1. The van der Waals surface area contributed by atoms with E-state index in [-0.39, 0.29) is 30.8 Å². The number of methoxy groups -OCH3 is 1. The molecule has 0 unspecified atom stereocenters. The van der Waals surface area contributed by atoms with Gasteiger partial charge >= 0.3 is 5.69 Å². The fourth-order valence-electron chi connectivity index (χ4n) is 3.42. The summed E-state index contributed by atoms with van der Waals surface area (Å²) in [5.74, 6) is -0.0123. The van der Waals surface area contributed by atoms with E-state index >= 15 is 0 Å². The minimum Gasteiger partial charge on any atom is -0.492 e. The molecule has 0 saturated heterocycles. The lowest BCUT2D eigenvalue weighted by Crippen LogP contribution is -2.40. The molecular formula is C24H22FN5O5. The van der Waals surface area contributed by atoms with Gasteiger partial charge in [-0.05, 0) is 35.9 Å². The highest BCUT2D eigenvalue weighted by atomic mass is 19.1. The summed E-state index contributed by atoms with van der Waals surface area (Å²) < 4.78 is 25.9. The average molecular weight is 479 g/mol. The van der Waals surface area contributed by atoms with Crippen LogP contribution in [0.3, 0.4) is 0 Å². The summed E-state index contributed by atoms with van der Waals surface area (Å²) in [5.41, 5.74) is -0.0286. The van der Waals surface area contributed by atoms with Crippen LogP contribution in [0.4, 0.5) is 4.39 Å². The van der Waals surface area contributed by atoms with Crippen LogP contribution >= 0.6 is 0 Å². The van der Waals surface area contributed by atoms with E-state index in [0.717, 1.165) is 10.1 Å². The number of nitrogens with one attached hydrogen (secondary N) is 1. The third-order valence-corrected chi connectivity index (χ3v) is 5.33. The number of fused-ring (bicyclic) bond motifs is 1. The zero-order valence-electron chi connectivity index (χ0n) is 19.0. The van der Waals surface area contributed by atoms with Crippen molar-refractivity contribution in [3.05, 3.63) is 92.8 Å². The number of rotatable bonds is 8. The van der Waals surface area contributed by atoms with Crippen LogP contribution in [0.5, 0.6) is 11.6 Å². The van der Waals surface area contributed by atoms with E-state index in [9.17, 15) is 18.8 Å². The summed E-state index contributed by atoms with van der Waals surface area (Å²) in [5, 5.41) is 2.89. The highest BCUT2D eigenvalue weighted by Gasteiger charge is 2.15. The van der Waals surface area contributed by atoms with Crippen LogP contribution in [-0.4, -0.2) is 38.7 Å². The van der Waals surface area contributed by atoms with Gasteiger partial charge < -0.3 is 14.8 Å². The van der Waals surface area contributed by atoms with Gasteiger partial charge in [0.25, 0.3) is 11.5 Å². The molecule has 1 N–H and O–H groups in total. The maximum Gasteiger partial charge on any atom is 0.331 e. The predicted molar refractivity (Wildman–Crippen MR) is 125 cm³/mol. The van der Waals surface area contributed by atoms with Crippen LogP contribution in [-0.2, 0) is 20.1 Å². The van der Waals surface area contributed by atoms with Gasteiger partial charge in [0, 0.05) is 25.9 Å². The first kappa shape index (κ1) is 23.6. The molecule has 180 valence electrons. The Kier molecular flexibility index (Phi) is 6.86. The molecule has 0 radical (unpaired) electrons. The number of halogens is 1. The van der Waals surface area contributed by atoms with Crippen molar-refractivity contribution < 1.29 is 18.7 Å². The van der Waals surface area contributed by atoms with Crippen molar-refractivity contribution in [2.75, 3.05) is 13.7 Å². The smallest absolute Gasteiger partial charge is 0.331 e. The molecular weight excluding hydrogens is 457 g/mol. The minimum absolute atomic E-state index is 0.0145. The van der Waals surface area contributed by atoms with E-state index in [1.54, 1.807) is 18.3 Å². The quantitative estimate of drug-likeness (QED) is 0.408. The van der Waals surface area contributed by atoms with Crippen molar-refractivity contribution in [1.82, 2.24) is 24.4 Å². The summed E-state index contributed by atoms with van der Waals surface area (Å²) in [6.07, 6.45) is 2.90. The van der Waals surface area contributed by atoms with Crippen LogP contribution < -0.4 is 26.0 Å². The molecule has 10 nitrogen and oxygen atoms in total. The summed E-state index contributed by atoms with van der Waals surface area (Å²) in [7, 11) is 3.02. The van der Waals surface area contributed by atoms with Gasteiger partial charge in [-0.3, -0.25) is 18.7 Å². The normalized spacial score (nSPS) is 10.8. The van der Waals surface area contributed by atoms with Crippen molar-refractivity contribution in [2.24, 2.45) is 7.05 Å². The van der Waals surface area contributed by atoms with Crippen molar-refractivity contribution >= 4 is 16.8 Å². The molecule has 0 atom stereocenters. The van der Waals surface area contributed by atoms with Gasteiger partial charge in [-0.1, -0.05) is 6.07 Å². The van der Waals surface area contributed by atoms with Crippen molar-refractivity contribution in [3.8, 4) is 11.6 Å². The van der Waals surface area contributed by atoms with Gasteiger partial charge in [-0.15, -0.1) is 0 Å². The Hall–Kier alpha value is -4.54. The Bertz CT molecular complexity index is 1480. The molecule has 0 spiro atoms. The summed E-state index contributed by atoms with van der Waals surface area (Å²) in [6, 6.07) is 10.2. The Morgan fingerprint density at radius 3 is 2.54 bits per heavy atom. The number of ether oxygens (including phenoxy) is 2. The number of aryl methyl sites for hydroxylation is 1. The van der Waals surface area contributed by atoms with Gasteiger partial charge in [0.1, 0.15) is 23.9 Å². The minimum atomic E-state index is -0.568. The molecule has 1 aromatic carbocycles. The average Bonchev–Trinajstić information content (AvgIpc) is 2.89. The van der Waals surface area contributed by atoms with Crippen LogP contribution in [0.1, 0.15) is 16.1 Å². The van der Waals surface area contributed by atoms with Crippen LogP contribution in [0.15, 0.2) is 64.4 Å². The third kappa shape index (κ3) is 5.18. The molecule has 0 aliphatic rings. The lowest BCUT2D eigenvalue weighted by molar-refractivity contribution is 0.0946. The van der Waals surface area contributed by atoms with E-state index in [1.807, 2.05) is 0 Å². The fraction of sp³-hybridized carbons (Fsp3) is 0.208. The van der Waals surface area contributed by atoms with Gasteiger partial charge in [-0.2, -0.15) is 0 Å². The lowest BCUT2D eigenvalue weighted by atomic mass is 10.2. The molecule has 0 aliphatic heterocycles. The van der Waals surface area contributed by atoms with E-state index in [4.69, 9.17) is 9.47 Å². The van der Waals surface area contributed by atoms with E-state index in [2.05, 4.69) is 15.3 Å². The highest BCUT2D eigenvalue weighted by molar-refractivity contribution is 5.95. The molecule has 11 heteroatoms. The van der Waals surface area contributed by atoms with Crippen LogP contribution in [0, 0.1) is 5.82 Å². The molecule has 1 amide bonds. The zero-order valence-corrected chi connectivity index (χ0v) is 19.0. The lowest BCUT2D eigenvalue weighted by Gasteiger charge is -2.12. The van der Waals surface area contributed by atoms with Crippen molar-refractivity contribution in [2.45, 2.75) is 13.1 Å². The number of pyridine rings is 2. The number of carbonyl (C=O) groups excluding carboxylic acids is 1. The van der Waals surface area contributed by atoms with Crippen molar-refractivity contribution in [3.63, 3.8) is 0 Å². The van der Waals surface area contributed by atoms with Gasteiger partial charge in [0.15, 0.2) is 0 Å². The summed E-state index contributed by atoms with van der Waals surface area (Å²) in [6.45, 7) is 0.182. The molecule has 4 aromatic rings. The SMILES string of the molecule is COc1ccc(CNC(=O)c2cc3c(=O)n(CCOc4ccc(F)cc4)c(=O)n(C)c3cn2)cn1. The van der Waals surface area contributed by atoms with Crippen LogP contribution in [0.2, 0.25) is 0 Å². The molecule has 3 aromatic heterocycles. The second-order valence-electron chi connectivity index (χ2n) is 7.58. The molecule has 3 heterocycles. The van der Waals surface area contributed by atoms with E-state index in [1.165, 1.54) is 55.3 Å².